The van der Waals surface area contributed by atoms with Crippen LogP contribution < -0.4 is 14.8 Å². The number of carbonyl (C=O) groups excluding carboxylic acids is 1. The SMILES string of the molecule is CC(C)CC1(O)CC2(CN(C(=O)Nc3cc(Oc4ccc(F)cc4)cc(Oc4ccc(C(=O)O)cc4)c3)C2)C1. The average Bonchev–Trinajstić information content (AvgIpc) is 2.82. The van der Waals surface area contributed by atoms with Crippen molar-refractivity contribution >= 4 is 17.7 Å². The fraction of sp³-hybridized carbons (Fsp3) is 0.333. The molecule has 0 radical (unpaired) electrons. The second-order valence-electron chi connectivity index (χ2n) is 11.1. The molecule has 1 saturated heterocycles. The Morgan fingerprint density at radius 1 is 0.923 bits per heavy atom. The Kier molecular flexibility index (Phi) is 6.94. The Hall–Kier alpha value is -4.11. The van der Waals surface area contributed by atoms with Gasteiger partial charge in [-0.3, -0.25) is 0 Å². The fourth-order valence-corrected chi connectivity index (χ4v) is 5.78. The first-order valence-corrected chi connectivity index (χ1v) is 12.9. The molecule has 8 nitrogen and oxygen atoms in total. The summed E-state index contributed by atoms with van der Waals surface area (Å²) in [7, 11) is 0. The van der Waals surface area contributed by atoms with Gasteiger partial charge in [0.15, 0.2) is 0 Å². The molecule has 0 aromatic heterocycles. The predicted molar refractivity (Wildman–Crippen MR) is 143 cm³/mol. The molecule has 1 aliphatic heterocycles. The Morgan fingerprint density at radius 2 is 1.46 bits per heavy atom. The summed E-state index contributed by atoms with van der Waals surface area (Å²) in [5.74, 6) is 0.502. The number of amides is 2. The number of ether oxygens (including phenoxy) is 2. The third-order valence-corrected chi connectivity index (χ3v) is 7.05. The smallest absolute Gasteiger partial charge is 0.335 e. The van der Waals surface area contributed by atoms with E-state index in [-0.39, 0.29) is 17.0 Å². The zero-order chi connectivity index (χ0) is 27.8. The highest BCUT2D eigenvalue weighted by atomic mass is 19.1. The number of urea groups is 1. The second-order valence-corrected chi connectivity index (χ2v) is 11.1. The molecular formula is C30H31FN2O6. The van der Waals surface area contributed by atoms with E-state index in [1.54, 1.807) is 23.1 Å². The maximum absolute atomic E-state index is 13.3. The number of aromatic carboxylic acids is 1. The Bertz CT molecular complexity index is 1360. The van der Waals surface area contributed by atoms with E-state index in [4.69, 9.17) is 14.6 Å². The largest absolute Gasteiger partial charge is 0.478 e. The van der Waals surface area contributed by atoms with Crippen LogP contribution in [0.1, 0.15) is 43.5 Å². The molecule has 1 saturated carbocycles. The van der Waals surface area contributed by atoms with Crippen molar-refractivity contribution in [1.29, 1.82) is 0 Å². The number of carboxylic acids is 1. The van der Waals surface area contributed by atoms with Gasteiger partial charge in [-0.05, 0) is 73.7 Å². The van der Waals surface area contributed by atoms with Crippen LogP contribution in [0.2, 0.25) is 0 Å². The number of nitrogens with zero attached hydrogens (tertiary/aromatic N) is 1. The van der Waals surface area contributed by atoms with Gasteiger partial charge in [0.05, 0.1) is 11.2 Å². The summed E-state index contributed by atoms with van der Waals surface area (Å²) in [6, 6.07) is 16.1. The number of hydrogen-bond donors (Lipinski definition) is 3. The summed E-state index contributed by atoms with van der Waals surface area (Å²) >= 11 is 0. The van der Waals surface area contributed by atoms with Crippen molar-refractivity contribution < 1.29 is 33.7 Å². The van der Waals surface area contributed by atoms with Crippen LogP contribution in [0.15, 0.2) is 66.7 Å². The second kappa shape index (κ2) is 10.2. The number of anilines is 1. The summed E-state index contributed by atoms with van der Waals surface area (Å²) in [5.41, 5.74) is -0.0736. The molecule has 39 heavy (non-hydrogen) atoms. The minimum Gasteiger partial charge on any atom is -0.478 e. The number of carboxylic acid groups (broad SMARTS) is 1. The number of likely N-dealkylation sites (tertiary alicyclic amines) is 1. The first-order valence-electron chi connectivity index (χ1n) is 12.9. The van der Waals surface area contributed by atoms with Gasteiger partial charge in [-0.25, -0.2) is 14.0 Å². The normalized spacial score (nSPS) is 16.8. The topological polar surface area (TPSA) is 108 Å². The molecule has 3 N–H and O–H groups in total. The number of carbonyl (C=O) groups is 2. The van der Waals surface area contributed by atoms with Gasteiger partial charge in [0.2, 0.25) is 0 Å². The molecule has 1 heterocycles. The highest BCUT2D eigenvalue weighted by molar-refractivity contribution is 5.90. The lowest BCUT2D eigenvalue weighted by Crippen LogP contribution is -2.69. The summed E-state index contributed by atoms with van der Waals surface area (Å²) in [6.07, 6.45) is 2.19. The van der Waals surface area contributed by atoms with Crippen molar-refractivity contribution in [3.8, 4) is 23.0 Å². The molecule has 1 aliphatic carbocycles. The van der Waals surface area contributed by atoms with E-state index in [2.05, 4.69) is 19.2 Å². The molecule has 9 heteroatoms. The van der Waals surface area contributed by atoms with Crippen LogP contribution in [0.4, 0.5) is 14.9 Å². The molecule has 1 spiro atoms. The van der Waals surface area contributed by atoms with Gasteiger partial charge in [0, 0.05) is 42.4 Å². The number of aliphatic hydroxyl groups is 1. The first kappa shape index (κ1) is 26.5. The summed E-state index contributed by atoms with van der Waals surface area (Å²) in [4.78, 5) is 25.9. The van der Waals surface area contributed by atoms with Gasteiger partial charge in [-0.15, -0.1) is 0 Å². The standard InChI is InChI=1S/C30H31FN2O6/c1-19(2)14-30(37)15-29(16-30)17-33(18-29)28(36)32-22-11-25(38-23-7-3-20(4-8-23)27(34)35)13-26(12-22)39-24-9-5-21(31)6-10-24/h3-13,19,37H,14-18H2,1-2H3,(H,32,36)(H,34,35). The molecule has 3 aromatic rings. The zero-order valence-corrected chi connectivity index (χ0v) is 21.8. The fourth-order valence-electron chi connectivity index (χ4n) is 5.78. The Morgan fingerprint density at radius 3 is 1.97 bits per heavy atom. The monoisotopic (exact) mass is 534 g/mol. The molecule has 2 amide bonds. The van der Waals surface area contributed by atoms with Gasteiger partial charge >= 0.3 is 12.0 Å². The van der Waals surface area contributed by atoms with Crippen LogP contribution in [0.5, 0.6) is 23.0 Å². The first-order chi connectivity index (χ1) is 18.5. The molecule has 0 unspecified atom stereocenters. The van der Waals surface area contributed by atoms with Gasteiger partial charge in [0.25, 0.3) is 0 Å². The minimum absolute atomic E-state index is 0.00902. The van der Waals surface area contributed by atoms with Crippen molar-refractivity contribution in [3.05, 3.63) is 78.1 Å². The minimum atomic E-state index is -1.04. The van der Waals surface area contributed by atoms with Gasteiger partial charge < -0.3 is 29.9 Å². The third kappa shape index (κ3) is 6.15. The average molecular weight is 535 g/mol. The van der Waals surface area contributed by atoms with Crippen LogP contribution in [-0.4, -0.2) is 45.8 Å². The maximum atomic E-state index is 13.3. The Labute approximate surface area is 226 Å². The van der Waals surface area contributed by atoms with Crippen molar-refractivity contribution in [2.45, 2.75) is 38.7 Å². The number of halogens is 1. The van der Waals surface area contributed by atoms with Gasteiger partial charge in [0.1, 0.15) is 28.8 Å². The van der Waals surface area contributed by atoms with Crippen LogP contribution in [0.3, 0.4) is 0 Å². The lowest BCUT2D eigenvalue weighted by molar-refractivity contribution is -0.184. The third-order valence-electron chi connectivity index (χ3n) is 7.05. The maximum Gasteiger partial charge on any atom is 0.335 e. The van der Waals surface area contributed by atoms with Crippen molar-refractivity contribution in [2.24, 2.45) is 11.3 Å². The molecular weight excluding hydrogens is 503 g/mol. The number of rotatable bonds is 8. The van der Waals surface area contributed by atoms with Gasteiger partial charge in [-0.2, -0.15) is 0 Å². The van der Waals surface area contributed by atoms with E-state index in [0.717, 1.165) is 6.42 Å². The van der Waals surface area contributed by atoms with Crippen LogP contribution in [0, 0.1) is 17.2 Å². The van der Waals surface area contributed by atoms with Crippen molar-refractivity contribution in [1.82, 2.24) is 4.90 Å². The molecule has 0 bridgehead atoms. The molecule has 0 atom stereocenters. The number of nitrogens with one attached hydrogen (secondary N) is 1. The lowest BCUT2D eigenvalue weighted by Gasteiger charge is -2.62. The van der Waals surface area contributed by atoms with Crippen LogP contribution in [-0.2, 0) is 0 Å². The van der Waals surface area contributed by atoms with E-state index in [9.17, 15) is 19.1 Å². The summed E-state index contributed by atoms with van der Waals surface area (Å²) in [5, 5.41) is 22.7. The molecule has 204 valence electrons. The Balaban J connectivity index is 1.29. The number of benzene rings is 3. The molecule has 5 rings (SSSR count). The summed E-state index contributed by atoms with van der Waals surface area (Å²) in [6.45, 7) is 5.37. The van der Waals surface area contributed by atoms with Gasteiger partial charge in [-0.1, -0.05) is 13.8 Å². The van der Waals surface area contributed by atoms with Crippen molar-refractivity contribution in [2.75, 3.05) is 18.4 Å². The summed E-state index contributed by atoms with van der Waals surface area (Å²) < 4.78 is 25.1. The van der Waals surface area contributed by atoms with Crippen LogP contribution in [0.25, 0.3) is 0 Å². The quantitative estimate of drug-likeness (QED) is 0.304. The van der Waals surface area contributed by atoms with E-state index < -0.39 is 17.4 Å². The zero-order valence-electron chi connectivity index (χ0n) is 21.8. The highest BCUT2D eigenvalue weighted by Gasteiger charge is 2.60. The molecule has 2 aliphatic rings. The highest BCUT2D eigenvalue weighted by Crippen LogP contribution is 2.56. The van der Waals surface area contributed by atoms with E-state index in [1.807, 2.05) is 0 Å². The number of hydrogen-bond acceptors (Lipinski definition) is 5. The van der Waals surface area contributed by atoms with Crippen molar-refractivity contribution in [3.63, 3.8) is 0 Å². The molecule has 2 fully saturated rings. The van der Waals surface area contributed by atoms with Crippen LogP contribution >= 0.6 is 0 Å². The molecule has 3 aromatic carbocycles. The van der Waals surface area contributed by atoms with E-state index in [0.29, 0.717) is 60.5 Å². The lowest BCUT2D eigenvalue weighted by atomic mass is 9.53. The van der Waals surface area contributed by atoms with E-state index in [1.165, 1.54) is 48.5 Å². The predicted octanol–water partition coefficient (Wildman–Crippen LogP) is 6.51. The van der Waals surface area contributed by atoms with E-state index >= 15 is 0 Å².